The lowest BCUT2D eigenvalue weighted by Gasteiger charge is -2.33. The van der Waals surface area contributed by atoms with E-state index in [1.807, 2.05) is 6.92 Å². The standard InChI is InChI=1S/C30H31Cl4N3O4S/c1-19-10-14-24(15-11-19)42(40,41)37(27-9-5-8-25(32)29(27)34)18-28(38)36(17-21-12-13-22(31)16-26(21)33)20(2)30(39)35-23-6-3-4-7-23/h5,8-16,20,23H,3-4,6-7,17-18H2,1-2H3,(H,35,39)/t20-/m1/s1. The first-order valence-corrected chi connectivity index (χ1v) is 16.4. The molecule has 12 heteroatoms. The molecule has 2 amide bonds. The molecule has 0 radical (unpaired) electrons. The summed E-state index contributed by atoms with van der Waals surface area (Å²) in [6, 6.07) is 14.7. The molecule has 224 valence electrons. The number of carbonyl (C=O) groups is 2. The predicted octanol–water partition coefficient (Wildman–Crippen LogP) is 7.28. The molecule has 0 unspecified atom stereocenters. The molecule has 1 aliphatic rings. The molecule has 1 N–H and O–H groups in total. The average molecular weight is 671 g/mol. The molecule has 0 spiro atoms. The quantitative estimate of drug-likeness (QED) is 0.246. The van der Waals surface area contributed by atoms with Crippen molar-refractivity contribution in [3.8, 4) is 0 Å². The summed E-state index contributed by atoms with van der Waals surface area (Å²) in [6.07, 6.45) is 3.78. The first kappa shape index (κ1) is 32.4. The number of rotatable bonds is 10. The van der Waals surface area contributed by atoms with E-state index in [1.165, 1.54) is 29.2 Å². The summed E-state index contributed by atoms with van der Waals surface area (Å²) < 4.78 is 28.9. The molecular weight excluding hydrogens is 640 g/mol. The summed E-state index contributed by atoms with van der Waals surface area (Å²) >= 11 is 25.3. The molecule has 0 aliphatic heterocycles. The lowest BCUT2D eigenvalue weighted by molar-refractivity contribution is -0.139. The van der Waals surface area contributed by atoms with E-state index in [1.54, 1.807) is 43.3 Å². The van der Waals surface area contributed by atoms with Crippen LogP contribution in [0.5, 0.6) is 0 Å². The molecular formula is C30H31Cl4N3O4S. The molecule has 42 heavy (non-hydrogen) atoms. The number of hydrogen-bond donors (Lipinski definition) is 1. The van der Waals surface area contributed by atoms with Crippen molar-refractivity contribution in [1.82, 2.24) is 10.2 Å². The van der Waals surface area contributed by atoms with Crippen molar-refractivity contribution in [2.75, 3.05) is 10.8 Å². The van der Waals surface area contributed by atoms with Gasteiger partial charge in [-0.25, -0.2) is 8.42 Å². The summed E-state index contributed by atoms with van der Waals surface area (Å²) in [5.74, 6) is -0.976. The highest BCUT2D eigenvalue weighted by molar-refractivity contribution is 7.92. The van der Waals surface area contributed by atoms with E-state index in [9.17, 15) is 18.0 Å². The van der Waals surface area contributed by atoms with Crippen molar-refractivity contribution in [2.45, 2.75) is 63.1 Å². The first-order chi connectivity index (χ1) is 19.9. The van der Waals surface area contributed by atoms with Crippen LogP contribution >= 0.6 is 46.4 Å². The van der Waals surface area contributed by atoms with Gasteiger partial charge in [0.2, 0.25) is 11.8 Å². The van der Waals surface area contributed by atoms with Gasteiger partial charge in [0.05, 0.1) is 20.6 Å². The third-order valence-corrected chi connectivity index (χ3v) is 10.5. The number of amides is 2. The molecule has 0 bridgehead atoms. The summed E-state index contributed by atoms with van der Waals surface area (Å²) in [4.78, 5) is 28.7. The van der Waals surface area contributed by atoms with Crippen LogP contribution in [0.1, 0.15) is 43.7 Å². The fourth-order valence-corrected chi connectivity index (χ4v) is 7.19. The van der Waals surface area contributed by atoms with Crippen LogP contribution in [0.15, 0.2) is 65.6 Å². The Labute approximate surface area is 266 Å². The molecule has 0 aromatic heterocycles. The van der Waals surface area contributed by atoms with Crippen LogP contribution in [0.4, 0.5) is 5.69 Å². The van der Waals surface area contributed by atoms with E-state index in [2.05, 4.69) is 5.32 Å². The number of carbonyl (C=O) groups excluding carboxylic acids is 2. The normalized spacial score (nSPS) is 14.4. The SMILES string of the molecule is Cc1ccc(S(=O)(=O)N(CC(=O)N(Cc2ccc(Cl)cc2Cl)[C@H](C)C(=O)NC2CCCC2)c2cccc(Cl)c2Cl)cc1. The number of benzene rings is 3. The zero-order valence-corrected chi connectivity index (χ0v) is 27.0. The number of sulfonamides is 1. The van der Waals surface area contributed by atoms with Gasteiger partial charge in [-0.2, -0.15) is 0 Å². The molecule has 1 saturated carbocycles. The Morgan fingerprint density at radius 3 is 2.26 bits per heavy atom. The minimum atomic E-state index is -4.29. The lowest BCUT2D eigenvalue weighted by atomic mass is 10.1. The van der Waals surface area contributed by atoms with Crippen molar-refractivity contribution in [2.24, 2.45) is 0 Å². The van der Waals surface area contributed by atoms with Gasteiger partial charge in [0.1, 0.15) is 12.6 Å². The van der Waals surface area contributed by atoms with Crippen molar-refractivity contribution >= 4 is 73.9 Å². The maximum atomic E-state index is 14.1. The maximum Gasteiger partial charge on any atom is 0.264 e. The number of nitrogens with zero attached hydrogens (tertiary/aromatic N) is 2. The topological polar surface area (TPSA) is 86.8 Å². The van der Waals surface area contributed by atoms with Crippen LogP contribution in [-0.2, 0) is 26.2 Å². The summed E-state index contributed by atoms with van der Waals surface area (Å²) in [5.41, 5.74) is 1.44. The van der Waals surface area contributed by atoms with Crippen molar-refractivity contribution in [3.63, 3.8) is 0 Å². The first-order valence-electron chi connectivity index (χ1n) is 13.5. The van der Waals surface area contributed by atoms with Crippen molar-refractivity contribution in [3.05, 3.63) is 91.9 Å². The van der Waals surface area contributed by atoms with Crippen LogP contribution in [0.3, 0.4) is 0 Å². The summed E-state index contributed by atoms with van der Waals surface area (Å²) in [5, 5.41) is 3.86. The van der Waals surface area contributed by atoms with E-state index in [0.717, 1.165) is 35.6 Å². The van der Waals surface area contributed by atoms with Crippen LogP contribution in [0.25, 0.3) is 0 Å². The molecule has 1 aliphatic carbocycles. The van der Waals surface area contributed by atoms with Gasteiger partial charge in [-0.15, -0.1) is 0 Å². The monoisotopic (exact) mass is 669 g/mol. The third-order valence-electron chi connectivity index (χ3n) is 7.31. The Bertz CT molecular complexity index is 1560. The zero-order valence-electron chi connectivity index (χ0n) is 23.1. The Hall–Kier alpha value is -2.49. The molecule has 0 saturated heterocycles. The number of anilines is 1. The van der Waals surface area contributed by atoms with Crippen LogP contribution < -0.4 is 9.62 Å². The highest BCUT2D eigenvalue weighted by Gasteiger charge is 2.34. The van der Waals surface area contributed by atoms with Crippen LogP contribution in [0, 0.1) is 6.92 Å². The fraction of sp³-hybridized carbons (Fsp3) is 0.333. The number of halogens is 4. The largest absolute Gasteiger partial charge is 0.352 e. The highest BCUT2D eigenvalue weighted by Crippen LogP contribution is 2.36. The molecule has 4 rings (SSSR count). The highest BCUT2D eigenvalue weighted by atomic mass is 35.5. The third kappa shape index (κ3) is 7.53. The number of hydrogen-bond acceptors (Lipinski definition) is 4. The predicted molar refractivity (Wildman–Crippen MR) is 169 cm³/mol. The Morgan fingerprint density at radius 2 is 1.62 bits per heavy atom. The fourth-order valence-electron chi connectivity index (χ4n) is 4.84. The average Bonchev–Trinajstić information content (AvgIpc) is 3.46. The molecule has 3 aromatic carbocycles. The van der Waals surface area contributed by atoms with Crippen molar-refractivity contribution < 1.29 is 18.0 Å². The number of aryl methyl sites for hydroxylation is 1. The van der Waals surface area contributed by atoms with E-state index in [4.69, 9.17) is 46.4 Å². The molecule has 1 atom stereocenters. The summed E-state index contributed by atoms with van der Waals surface area (Å²) in [7, 11) is -4.29. The van der Waals surface area contributed by atoms with Gasteiger partial charge < -0.3 is 10.2 Å². The van der Waals surface area contributed by atoms with Gasteiger partial charge >= 0.3 is 0 Å². The van der Waals surface area contributed by atoms with Crippen molar-refractivity contribution in [1.29, 1.82) is 0 Å². The zero-order chi connectivity index (χ0) is 30.6. The maximum absolute atomic E-state index is 14.1. The van der Waals surface area contributed by atoms with E-state index < -0.39 is 28.5 Å². The second-order valence-corrected chi connectivity index (χ2v) is 13.8. The second kappa shape index (κ2) is 13.9. The molecule has 1 fully saturated rings. The smallest absolute Gasteiger partial charge is 0.264 e. The van der Waals surface area contributed by atoms with Crippen LogP contribution in [0.2, 0.25) is 20.1 Å². The number of nitrogens with one attached hydrogen (secondary N) is 1. The summed E-state index contributed by atoms with van der Waals surface area (Å²) in [6.45, 7) is 2.73. The Morgan fingerprint density at radius 1 is 0.952 bits per heavy atom. The van der Waals surface area contributed by atoms with Gasteiger partial charge in [-0.1, -0.05) is 89.1 Å². The minimum Gasteiger partial charge on any atom is -0.352 e. The Kier molecular flexibility index (Phi) is 10.7. The minimum absolute atomic E-state index is 0.0260. The van der Waals surface area contributed by atoms with Gasteiger partial charge in [-0.05, 0) is 68.7 Å². The van der Waals surface area contributed by atoms with E-state index >= 15 is 0 Å². The van der Waals surface area contributed by atoms with E-state index in [0.29, 0.717) is 15.6 Å². The van der Waals surface area contributed by atoms with Gasteiger partial charge in [-0.3, -0.25) is 13.9 Å². The second-order valence-electron chi connectivity index (χ2n) is 10.3. The molecule has 3 aromatic rings. The van der Waals surface area contributed by atoms with Gasteiger partial charge in [0, 0.05) is 22.6 Å². The van der Waals surface area contributed by atoms with E-state index in [-0.39, 0.29) is 39.1 Å². The molecule has 7 nitrogen and oxygen atoms in total. The van der Waals surface area contributed by atoms with Gasteiger partial charge in [0.25, 0.3) is 10.0 Å². The van der Waals surface area contributed by atoms with Crippen LogP contribution in [-0.4, -0.2) is 43.8 Å². The lowest BCUT2D eigenvalue weighted by Crippen LogP contribution is -2.52. The van der Waals surface area contributed by atoms with Gasteiger partial charge in [0.15, 0.2) is 0 Å². The Balaban J connectivity index is 1.74. The molecule has 0 heterocycles.